The van der Waals surface area contributed by atoms with Gasteiger partial charge in [-0.3, -0.25) is 0 Å². The molecule has 4 nitrogen and oxygen atoms in total. The van der Waals surface area contributed by atoms with Gasteiger partial charge in [-0.25, -0.2) is 9.78 Å². The smallest absolute Gasteiger partial charge is 0.335 e. The molecule has 1 aromatic heterocycles. The van der Waals surface area contributed by atoms with Crippen LogP contribution in [0.5, 0.6) is 0 Å². The van der Waals surface area contributed by atoms with Crippen molar-refractivity contribution in [1.82, 2.24) is 9.55 Å². The first-order chi connectivity index (χ1) is 9.11. The van der Waals surface area contributed by atoms with Crippen LogP contribution in [0.3, 0.4) is 0 Å². The number of imidazole rings is 1. The lowest BCUT2D eigenvalue weighted by molar-refractivity contribution is 0.0697. The Kier molecular flexibility index (Phi) is 4.00. The van der Waals surface area contributed by atoms with E-state index in [0.717, 1.165) is 29.9 Å². The molecular formula is C15H18N2O2. The van der Waals surface area contributed by atoms with E-state index in [9.17, 15) is 4.79 Å². The summed E-state index contributed by atoms with van der Waals surface area (Å²) in [4.78, 5) is 15.4. The molecule has 2 rings (SSSR count). The minimum atomic E-state index is -0.891. The van der Waals surface area contributed by atoms with E-state index in [1.54, 1.807) is 18.3 Å². The molecule has 19 heavy (non-hydrogen) atoms. The van der Waals surface area contributed by atoms with Gasteiger partial charge >= 0.3 is 5.97 Å². The quantitative estimate of drug-likeness (QED) is 0.897. The molecule has 0 saturated carbocycles. The number of benzene rings is 1. The Balaban J connectivity index is 2.29. The van der Waals surface area contributed by atoms with E-state index < -0.39 is 5.97 Å². The van der Waals surface area contributed by atoms with Gasteiger partial charge in [0.2, 0.25) is 0 Å². The second kappa shape index (κ2) is 5.69. The molecule has 0 aliphatic heterocycles. The van der Waals surface area contributed by atoms with E-state index >= 15 is 0 Å². The first kappa shape index (κ1) is 13.3. The highest BCUT2D eigenvalue weighted by molar-refractivity contribution is 5.87. The normalized spacial score (nSPS) is 10.6. The van der Waals surface area contributed by atoms with Gasteiger partial charge in [-0.1, -0.05) is 13.0 Å². The van der Waals surface area contributed by atoms with Crippen molar-refractivity contribution < 1.29 is 9.90 Å². The Bertz CT molecular complexity index is 588. The molecule has 0 fully saturated rings. The highest BCUT2D eigenvalue weighted by Gasteiger charge is 2.09. The van der Waals surface area contributed by atoms with Gasteiger partial charge in [0.1, 0.15) is 5.82 Å². The third-order valence-corrected chi connectivity index (χ3v) is 3.21. The maximum atomic E-state index is 11.0. The molecule has 100 valence electrons. The molecule has 0 bridgehead atoms. The number of carboxylic acid groups (broad SMARTS) is 1. The number of nitrogens with zero attached hydrogens (tertiary/aromatic N) is 2. The zero-order valence-corrected chi connectivity index (χ0v) is 11.3. The number of aromatic nitrogens is 2. The van der Waals surface area contributed by atoms with Crippen molar-refractivity contribution in [1.29, 1.82) is 0 Å². The van der Waals surface area contributed by atoms with Crippen molar-refractivity contribution in [2.24, 2.45) is 0 Å². The summed E-state index contributed by atoms with van der Waals surface area (Å²) in [5, 5.41) is 9.04. The number of carbonyl (C=O) groups is 1. The maximum Gasteiger partial charge on any atom is 0.335 e. The average Bonchev–Trinajstić information content (AvgIpc) is 2.80. The lowest BCUT2D eigenvalue weighted by Gasteiger charge is -2.09. The number of hydrogen-bond donors (Lipinski definition) is 1. The van der Waals surface area contributed by atoms with Gasteiger partial charge in [0, 0.05) is 25.4 Å². The number of aryl methyl sites for hydroxylation is 2. The van der Waals surface area contributed by atoms with Gasteiger partial charge in [-0.2, -0.15) is 0 Å². The van der Waals surface area contributed by atoms with Crippen LogP contribution < -0.4 is 0 Å². The summed E-state index contributed by atoms with van der Waals surface area (Å²) in [7, 11) is 0. The van der Waals surface area contributed by atoms with Crippen LogP contribution in [0.4, 0.5) is 0 Å². The molecule has 0 aliphatic rings. The van der Waals surface area contributed by atoms with Crippen LogP contribution in [-0.4, -0.2) is 20.6 Å². The zero-order chi connectivity index (χ0) is 13.8. The SMILES string of the molecule is CCCn1ccnc1Cc1cc(C(=O)O)ccc1C. The van der Waals surface area contributed by atoms with Crippen LogP contribution >= 0.6 is 0 Å². The summed E-state index contributed by atoms with van der Waals surface area (Å²) < 4.78 is 2.12. The van der Waals surface area contributed by atoms with Crippen molar-refractivity contribution in [2.45, 2.75) is 33.2 Å². The molecule has 4 heteroatoms. The van der Waals surface area contributed by atoms with Gasteiger partial charge in [0.25, 0.3) is 0 Å². The summed E-state index contributed by atoms with van der Waals surface area (Å²) in [5.74, 6) is 0.0886. The predicted molar refractivity (Wildman–Crippen MR) is 73.5 cm³/mol. The standard InChI is InChI=1S/C15H18N2O2/c1-3-7-17-8-6-16-14(17)10-13-9-12(15(18)19)5-4-11(13)2/h4-6,8-9H,3,7,10H2,1-2H3,(H,18,19). The monoisotopic (exact) mass is 258 g/mol. The molecule has 0 aliphatic carbocycles. The van der Waals surface area contributed by atoms with Crippen molar-refractivity contribution >= 4 is 5.97 Å². The second-order valence-electron chi connectivity index (χ2n) is 4.66. The fourth-order valence-corrected chi connectivity index (χ4v) is 2.12. The van der Waals surface area contributed by atoms with Crippen LogP contribution in [0.2, 0.25) is 0 Å². The lowest BCUT2D eigenvalue weighted by Crippen LogP contribution is -2.05. The molecule has 0 amide bonds. The average molecular weight is 258 g/mol. The molecule has 1 heterocycles. The third-order valence-electron chi connectivity index (χ3n) is 3.21. The van der Waals surface area contributed by atoms with Crippen LogP contribution in [0.15, 0.2) is 30.6 Å². The first-order valence-corrected chi connectivity index (χ1v) is 6.44. The fourth-order valence-electron chi connectivity index (χ4n) is 2.12. The summed E-state index contributed by atoms with van der Waals surface area (Å²) in [5.41, 5.74) is 2.44. The van der Waals surface area contributed by atoms with E-state index in [1.165, 1.54) is 0 Å². The Morgan fingerprint density at radius 1 is 1.42 bits per heavy atom. The zero-order valence-electron chi connectivity index (χ0n) is 11.3. The fraction of sp³-hybridized carbons (Fsp3) is 0.333. The van der Waals surface area contributed by atoms with Crippen molar-refractivity contribution in [3.8, 4) is 0 Å². The van der Waals surface area contributed by atoms with E-state index in [1.807, 2.05) is 19.2 Å². The van der Waals surface area contributed by atoms with Crippen LogP contribution in [0.1, 0.15) is 40.7 Å². The Labute approximate surface area is 112 Å². The van der Waals surface area contributed by atoms with Crippen molar-refractivity contribution in [3.05, 3.63) is 53.1 Å². The molecule has 0 atom stereocenters. The third kappa shape index (κ3) is 3.02. The molecule has 1 N–H and O–H groups in total. The van der Waals surface area contributed by atoms with Gasteiger partial charge in [-0.05, 0) is 36.6 Å². The number of rotatable bonds is 5. The molecule has 0 saturated heterocycles. The van der Waals surface area contributed by atoms with E-state index in [-0.39, 0.29) is 0 Å². The highest BCUT2D eigenvalue weighted by atomic mass is 16.4. The minimum absolute atomic E-state index is 0.328. The molecular weight excluding hydrogens is 240 g/mol. The van der Waals surface area contributed by atoms with Crippen LogP contribution in [0, 0.1) is 6.92 Å². The van der Waals surface area contributed by atoms with Gasteiger partial charge in [0.15, 0.2) is 0 Å². The van der Waals surface area contributed by atoms with Crippen molar-refractivity contribution in [3.63, 3.8) is 0 Å². The maximum absolute atomic E-state index is 11.0. The predicted octanol–water partition coefficient (Wildman–Crippen LogP) is 2.89. The number of carboxylic acids is 1. The van der Waals surface area contributed by atoms with E-state index in [4.69, 9.17) is 5.11 Å². The van der Waals surface area contributed by atoms with Gasteiger partial charge in [0.05, 0.1) is 5.56 Å². The van der Waals surface area contributed by atoms with Gasteiger partial charge in [-0.15, -0.1) is 0 Å². The second-order valence-corrected chi connectivity index (χ2v) is 4.66. The molecule has 0 unspecified atom stereocenters. The van der Waals surface area contributed by atoms with Crippen LogP contribution in [0.25, 0.3) is 0 Å². The van der Waals surface area contributed by atoms with Crippen LogP contribution in [-0.2, 0) is 13.0 Å². The molecule has 2 aromatic rings. The molecule has 1 aromatic carbocycles. The Hall–Kier alpha value is -2.10. The Morgan fingerprint density at radius 2 is 2.21 bits per heavy atom. The largest absolute Gasteiger partial charge is 0.478 e. The number of aromatic carboxylic acids is 1. The summed E-state index contributed by atoms with van der Waals surface area (Å²) in [6, 6.07) is 5.23. The summed E-state index contributed by atoms with van der Waals surface area (Å²) in [6.45, 7) is 5.06. The van der Waals surface area contributed by atoms with Gasteiger partial charge < -0.3 is 9.67 Å². The Morgan fingerprint density at radius 3 is 2.89 bits per heavy atom. The van der Waals surface area contributed by atoms with E-state index in [2.05, 4.69) is 16.5 Å². The van der Waals surface area contributed by atoms with Crippen molar-refractivity contribution in [2.75, 3.05) is 0 Å². The summed E-state index contributed by atoms with van der Waals surface area (Å²) in [6.07, 6.45) is 5.48. The van der Waals surface area contributed by atoms with E-state index in [0.29, 0.717) is 12.0 Å². The first-order valence-electron chi connectivity index (χ1n) is 6.44. The minimum Gasteiger partial charge on any atom is -0.478 e. The summed E-state index contributed by atoms with van der Waals surface area (Å²) >= 11 is 0. The number of hydrogen-bond acceptors (Lipinski definition) is 2. The topological polar surface area (TPSA) is 55.1 Å². The highest BCUT2D eigenvalue weighted by Crippen LogP contribution is 2.15. The molecule has 0 spiro atoms. The molecule has 0 radical (unpaired) electrons. The lowest BCUT2D eigenvalue weighted by atomic mass is 10.0.